The van der Waals surface area contributed by atoms with Gasteiger partial charge in [-0.15, -0.1) is 0 Å². The monoisotopic (exact) mass is 150 g/mol. The third-order valence-electron chi connectivity index (χ3n) is 0.604. The molecule has 0 atom stereocenters. The van der Waals surface area contributed by atoms with Crippen LogP contribution in [0.4, 0.5) is 0 Å². The van der Waals surface area contributed by atoms with Gasteiger partial charge in [0.25, 0.3) is 0 Å². The fraction of sp³-hybridized carbons (Fsp3) is 1.00. The molecule has 0 unspecified atom stereocenters. The van der Waals surface area contributed by atoms with Gasteiger partial charge in [0, 0.05) is 0 Å². The molecule has 0 radical (unpaired) electrons. The topological polar surface area (TPSA) is 70.0 Å². The van der Waals surface area contributed by atoms with Gasteiger partial charge in [-0.3, -0.25) is 0 Å². The molecule has 0 aromatic carbocycles. The zero-order valence-corrected chi connectivity index (χ0v) is 7.79. The number of unbranched alkanes of at least 4 members (excludes halogenated alkanes) is 1. The Bertz CT molecular complexity index is 21.5. The van der Waals surface area contributed by atoms with E-state index in [-0.39, 0.29) is 24.7 Å². The first kappa shape index (κ1) is 23.1. The average Bonchev–Trinajstić information content (AvgIpc) is 1.41. The largest absolute Gasteiger partial charge is 1.00 e. The molecule has 0 saturated carbocycles. The van der Waals surface area contributed by atoms with Gasteiger partial charge in [-0.1, -0.05) is 0 Å². The molecule has 0 saturated heterocycles. The molecule has 50 valence electrons. The summed E-state index contributed by atoms with van der Waals surface area (Å²) in [4.78, 5) is 0. The molecule has 8 heavy (non-hydrogen) atoms. The van der Waals surface area contributed by atoms with Crippen molar-refractivity contribution in [1.82, 2.24) is 12.3 Å². The molecule has 0 spiro atoms. The van der Waals surface area contributed by atoms with Crippen LogP contribution in [-0.4, -0.2) is 21.7 Å². The Morgan fingerprint density at radius 1 is 1.25 bits per heavy atom. The van der Waals surface area contributed by atoms with Gasteiger partial charge < -0.3 is 24.7 Å². The zero-order chi connectivity index (χ0) is 4.12. The predicted molar refractivity (Wildman–Crippen MR) is 35.5 cm³/mol. The first-order chi connectivity index (χ1) is 2.41. The molecule has 0 aliphatic carbocycles. The molecule has 6 N–H and O–H groups in total. The van der Waals surface area contributed by atoms with Crippen LogP contribution >= 0.6 is 0 Å². The van der Waals surface area contributed by atoms with Crippen LogP contribution in [0.2, 0.25) is 4.55 Å². The van der Waals surface area contributed by atoms with Crippen LogP contribution in [0.3, 0.4) is 0 Å². The van der Waals surface area contributed by atoms with E-state index >= 15 is 0 Å². The molecule has 0 heterocycles. The van der Waals surface area contributed by atoms with E-state index in [1.165, 1.54) is 17.4 Å². The van der Waals surface area contributed by atoms with E-state index in [1.807, 2.05) is 21.7 Å². The molecule has 0 aliphatic heterocycles. The molecule has 4 heteroatoms. The first-order valence-electron chi connectivity index (χ1n) is 2.21. The molecule has 0 aliphatic rings. The van der Waals surface area contributed by atoms with Gasteiger partial charge in [0.15, 0.2) is 0 Å². The predicted octanol–water partition coefficient (Wildman–Crippen LogP) is -1.30. The van der Waals surface area contributed by atoms with Crippen molar-refractivity contribution in [1.29, 1.82) is 0 Å². The Kier molecular flexibility index (Phi) is 70.8. The maximum Gasteiger partial charge on any atom is -0.344 e. The summed E-state index contributed by atoms with van der Waals surface area (Å²) < 4.78 is 1.37. The van der Waals surface area contributed by atoms with E-state index in [2.05, 4.69) is 6.92 Å². The normalized spacial score (nSPS) is 5.38. The zero-order valence-electron chi connectivity index (χ0n) is 5.62. The van der Waals surface area contributed by atoms with Crippen LogP contribution in [-0.2, 0) is 0 Å². The Hall–Kier alpha value is 0.976. The van der Waals surface area contributed by atoms with E-state index in [4.69, 9.17) is 0 Å². The molecular formula is C4H15ClMgN2. The van der Waals surface area contributed by atoms with Crippen molar-refractivity contribution < 1.29 is 12.4 Å². The van der Waals surface area contributed by atoms with Gasteiger partial charge >= 0.3 is 46.0 Å². The van der Waals surface area contributed by atoms with Crippen molar-refractivity contribution in [3.05, 3.63) is 0 Å². The molecule has 0 bridgehead atoms. The van der Waals surface area contributed by atoms with Crippen LogP contribution in [0.25, 0.3) is 0 Å². The van der Waals surface area contributed by atoms with E-state index in [1.54, 1.807) is 0 Å². The number of hydrogen-bond donors (Lipinski definition) is 2. The average molecular weight is 151 g/mol. The molecule has 0 aromatic heterocycles. The van der Waals surface area contributed by atoms with Crippen LogP contribution < -0.4 is 24.7 Å². The molecular weight excluding hydrogens is 136 g/mol. The SMILES string of the molecule is CCC[CH2][Mg+].N.N.[Cl-]. The van der Waals surface area contributed by atoms with E-state index in [0.717, 1.165) is 0 Å². The van der Waals surface area contributed by atoms with E-state index in [0.29, 0.717) is 0 Å². The molecule has 0 rings (SSSR count). The third kappa shape index (κ3) is 28.1. The third-order valence-corrected chi connectivity index (χ3v) is 1.10. The maximum atomic E-state index is 2.22. The minimum absolute atomic E-state index is 0. The quantitative estimate of drug-likeness (QED) is 0.481. The van der Waals surface area contributed by atoms with Crippen LogP contribution in [0.5, 0.6) is 0 Å². The summed E-state index contributed by atoms with van der Waals surface area (Å²) in [7, 11) is 0. The standard InChI is InChI=1S/C4H9.ClH.Mg.2H3N/c1-3-4-2;;;;/h1,3-4H2,2H3;1H;;2*1H3/q;;+1;;/p-1. The summed E-state index contributed by atoms with van der Waals surface area (Å²) >= 11 is 2.05. The van der Waals surface area contributed by atoms with Gasteiger partial charge in [-0.25, -0.2) is 0 Å². The van der Waals surface area contributed by atoms with Gasteiger partial charge in [-0.2, -0.15) is 0 Å². The summed E-state index contributed by atoms with van der Waals surface area (Å²) in [6, 6.07) is 0. The first-order valence-corrected chi connectivity index (χ1v) is 3.21. The minimum Gasteiger partial charge on any atom is -1.00 e. The van der Waals surface area contributed by atoms with Crippen molar-refractivity contribution in [3.63, 3.8) is 0 Å². The van der Waals surface area contributed by atoms with Crippen LogP contribution in [0.15, 0.2) is 0 Å². The fourth-order valence-corrected chi connectivity index (χ4v) is 0.750. The van der Waals surface area contributed by atoms with Crippen molar-refractivity contribution in [2.75, 3.05) is 0 Å². The Labute approximate surface area is 70.8 Å². The molecule has 0 amide bonds. The van der Waals surface area contributed by atoms with Crippen molar-refractivity contribution in [2.24, 2.45) is 0 Å². The Balaban J connectivity index is -0.0000000267. The van der Waals surface area contributed by atoms with E-state index < -0.39 is 0 Å². The number of rotatable bonds is 2. The van der Waals surface area contributed by atoms with Gasteiger partial charge in [-0.05, 0) is 0 Å². The summed E-state index contributed by atoms with van der Waals surface area (Å²) in [6.07, 6.45) is 2.75. The second-order valence-electron chi connectivity index (χ2n) is 1.21. The smallest absolute Gasteiger partial charge is 0.344 e. The fourth-order valence-electron chi connectivity index (χ4n) is 0.250. The summed E-state index contributed by atoms with van der Waals surface area (Å²) in [5.74, 6) is 0. The Morgan fingerprint density at radius 2 is 1.62 bits per heavy atom. The Morgan fingerprint density at radius 3 is 1.62 bits per heavy atom. The molecule has 2 nitrogen and oxygen atoms in total. The van der Waals surface area contributed by atoms with Crippen LogP contribution in [0.1, 0.15) is 19.8 Å². The second kappa shape index (κ2) is 24.6. The number of halogens is 1. The van der Waals surface area contributed by atoms with Gasteiger partial charge in [0.05, 0.1) is 0 Å². The van der Waals surface area contributed by atoms with Crippen molar-refractivity contribution in [2.45, 2.75) is 24.3 Å². The second-order valence-corrected chi connectivity index (χ2v) is 1.91. The van der Waals surface area contributed by atoms with E-state index in [9.17, 15) is 0 Å². The minimum atomic E-state index is 0. The summed E-state index contributed by atoms with van der Waals surface area (Å²) in [5, 5.41) is 0. The van der Waals surface area contributed by atoms with Gasteiger partial charge in [0.1, 0.15) is 0 Å². The van der Waals surface area contributed by atoms with Crippen molar-refractivity contribution >= 4 is 21.7 Å². The molecule has 0 aromatic rings. The molecule has 0 fully saturated rings. The number of hydrogen-bond acceptors (Lipinski definition) is 2. The van der Waals surface area contributed by atoms with Crippen molar-refractivity contribution in [3.8, 4) is 0 Å². The van der Waals surface area contributed by atoms with Crippen LogP contribution in [0, 0.1) is 0 Å². The summed E-state index contributed by atoms with van der Waals surface area (Å²) in [6.45, 7) is 2.22. The summed E-state index contributed by atoms with van der Waals surface area (Å²) in [5.41, 5.74) is 0. The maximum absolute atomic E-state index is 2.22. The van der Waals surface area contributed by atoms with Gasteiger partial charge in [0.2, 0.25) is 0 Å².